The largest absolute Gasteiger partial charge is 0.444 e. The highest BCUT2D eigenvalue weighted by Gasteiger charge is 2.22. The fourth-order valence-corrected chi connectivity index (χ4v) is 4.31. The van der Waals surface area contributed by atoms with E-state index in [0.29, 0.717) is 55.9 Å². The Morgan fingerprint density at radius 2 is 1.81 bits per heavy atom. The maximum Gasteiger partial charge on any atom is 0.407 e. The molecule has 1 atom stereocenters. The molecular formula is C27H42N4O5. The summed E-state index contributed by atoms with van der Waals surface area (Å²) in [7, 11) is 0. The van der Waals surface area contributed by atoms with Crippen LogP contribution in [0.5, 0.6) is 0 Å². The summed E-state index contributed by atoms with van der Waals surface area (Å²) in [4.78, 5) is 48.3. The lowest BCUT2D eigenvalue weighted by atomic mass is 9.86. The van der Waals surface area contributed by atoms with E-state index in [2.05, 4.69) is 21.3 Å². The van der Waals surface area contributed by atoms with Crippen molar-refractivity contribution in [1.82, 2.24) is 10.6 Å². The highest BCUT2D eigenvalue weighted by molar-refractivity contribution is 5.97. The SMILES string of the molecule is CC(C)(C)OC(=O)NCCCCC(NC(=O)CCC1CCCCC1)C(=O)Nc1cccc(NC=O)c1. The van der Waals surface area contributed by atoms with E-state index < -0.39 is 17.7 Å². The molecule has 0 aromatic heterocycles. The molecule has 0 aliphatic heterocycles. The van der Waals surface area contributed by atoms with Gasteiger partial charge in [-0.05, 0) is 70.6 Å². The van der Waals surface area contributed by atoms with Gasteiger partial charge in [-0.2, -0.15) is 0 Å². The van der Waals surface area contributed by atoms with Crippen molar-refractivity contribution in [1.29, 1.82) is 0 Å². The number of rotatable bonds is 13. The van der Waals surface area contributed by atoms with Crippen LogP contribution in [0.4, 0.5) is 16.2 Å². The molecule has 0 spiro atoms. The molecular weight excluding hydrogens is 460 g/mol. The molecule has 2 rings (SSSR count). The van der Waals surface area contributed by atoms with E-state index in [1.807, 2.05) is 0 Å². The van der Waals surface area contributed by atoms with Crippen LogP contribution in [-0.4, -0.2) is 42.5 Å². The third kappa shape index (κ3) is 12.0. The first-order valence-electron chi connectivity index (χ1n) is 13.0. The highest BCUT2D eigenvalue weighted by Crippen LogP contribution is 2.27. The molecule has 1 aliphatic rings. The highest BCUT2D eigenvalue weighted by atomic mass is 16.6. The zero-order valence-electron chi connectivity index (χ0n) is 21.9. The minimum Gasteiger partial charge on any atom is -0.444 e. The molecule has 1 aromatic rings. The van der Waals surface area contributed by atoms with Crippen molar-refractivity contribution in [2.75, 3.05) is 17.2 Å². The van der Waals surface area contributed by atoms with Gasteiger partial charge in [-0.25, -0.2) is 4.79 Å². The summed E-state index contributed by atoms with van der Waals surface area (Å²) in [5.41, 5.74) is 0.525. The van der Waals surface area contributed by atoms with E-state index in [1.54, 1.807) is 45.0 Å². The van der Waals surface area contributed by atoms with Crippen molar-refractivity contribution in [2.45, 2.75) is 96.6 Å². The predicted molar refractivity (Wildman–Crippen MR) is 141 cm³/mol. The van der Waals surface area contributed by atoms with Crippen LogP contribution in [0.1, 0.15) is 85.0 Å². The number of hydrogen-bond acceptors (Lipinski definition) is 5. The Morgan fingerprint density at radius 3 is 2.50 bits per heavy atom. The molecule has 4 amide bonds. The molecule has 1 fully saturated rings. The van der Waals surface area contributed by atoms with Gasteiger partial charge in [0, 0.05) is 24.3 Å². The number of unbranched alkanes of at least 4 members (excludes halogenated alkanes) is 1. The number of anilines is 2. The summed E-state index contributed by atoms with van der Waals surface area (Å²) in [6, 6.07) is 6.11. The summed E-state index contributed by atoms with van der Waals surface area (Å²) in [6.45, 7) is 5.82. The van der Waals surface area contributed by atoms with Gasteiger partial charge in [0.05, 0.1) is 0 Å². The van der Waals surface area contributed by atoms with Crippen molar-refractivity contribution in [3.05, 3.63) is 24.3 Å². The first-order chi connectivity index (χ1) is 17.2. The van der Waals surface area contributed by atoms with E-state index in [9.17, 15) is 19.2 Å². The number of carbonyl (C=O) groups excluding carboxylic acids is 4. The van der Waals surface area contributed by atoms with Gasteiger partial charge in [0.15, 0.2) is 0 Å². The van der Waals surface area contributed by atoms with Crippen LogP contribution < -0.4 is 21.3 Å². The quantitative estimate of drug-likeness (QED) is 0.229. The van der Waals surface area contributed by atoms with E-state index in [0.717, 1.165) is 6.42 Å². The maximum absolute atomic E-state index is 13.0. The van der Waals surface area contributed by atoms with Crippen LogP contribution in [-0.2, 0) is 19.1 Å². The second-order valence-electron chi connectivity index (χ2n) is 10.4. The number of alkyl carbamates (subject to hydrolysis) is 1. The lowest BCUT2D eigenvalue weighted by Crippen LogP contribution is -2.44. The Kier molecular flexibility index (Phi) is 12.2. The van der Waals surface area contributed by atoms with Gasteiger partial charge >= 0.3 is 6.09 Å². The fraction of sp³-hybridized carbons (Fsp3) is 0.630. The molecule has 1 unspecified atom stereocenters. The Labute approximate surface area is 214 Å². The van der Waals surface area contributed by atoms with Crippen LogP contribution in [0.15, 0.2) is 24.3 Å². The first-order valence-corrected chi connectivity index (χ1v) is 13.0. The van der Waals surface area contributed by atoms with E-state index in [1.165, 1.54) is 32.1 Å². The summed E-state index contributed by atoms with van der Waals surface area (Å²) >= 11 is 0. The van der Waals surface area contributed by atoms with Crippen LogP contribution >= 0.6 is 0 Å². The van der Waals surface area contributed by atoms with E-state index >= 15 is 0 Å². The van der Waals surface area contributed by atoms with Crippen LogP contribution in [0.2, 0.25) is 0 Å². The van der Waals surface area contributed by atoms with Crippen molar-refractivity contribution in [3.8, 4) is 0 Å². The van der Waals surface area contributed by atoms with E-state index in [4.69, 9.17) is 4.74 Å². The average Bonchev–Trinajstić information content (AvgIpc) is 2.82. The van der Waals surface area contributed by atoms with Gasteiger partial charge < -0.3 is 26.0 Å². The van der Waals surface area contributed by atoms with Crippen molar-refractivity contribution >= 4 is 35.7 Å². The summed E-state index contributed by atoms with van der Waals surface area (Å²) < 4.78 is 5.23. The number of benzene rings is 1. The van der Waals surface area contributed by atoms with Gasteiger partial charge in [0.25, 0.3) is 0 Å². The standard InChI is InChI=1S/C27H42N4O5/c1-27(2,3)36-26(35)28-17-8-7-14-23(31-24(33)16-15-20-10-5-4-6-11-20)25(34)30-22-13-9-12-21(18-22)29-19-32/h9,12-13,18-20,23H,4-8,10-11,14-17H2,1-3H3,(H,28,35)(H,29,32)(H,30,34)(H,31,33). The lowest BCUT2D eigenvalue weighted by Gasteiger charge is -2.22. The monoisotopic (exact) mass is 502 g/mol. The van der Waals surface area contributed by atoms with Gasteiger partial charge in [-0.1, -0.05) is 38.2 Å². The second-order valence-corrected chi connectivity index (χ2v) is 10.4. The van der Waals surface area contributed by atoms with Crippen molar-refractivity contribution in [2.24, 2.45) is 5.92 Å². The molecule has 9 heteroatoms. The number of ether oxygens (including phenoxy) is 1. The fourth-order valence-electron chi connectivity index (χ4n) is 4.31. The molecule has 0 saturated heterocycles. The molecule has 0 radical (unpaired) electrons. The van der Waals surface area contributed by atoms with Crippen LogP contribution in [0.3, 0.4) is 0 Å². The van der Waals surface area contributed by atoms with Crippen LogP contribution in [0, 0.1) is 5.92 Å². The van der Waals surface area contributed by atoms with Crippen molar-refractivity contribution < 1.29 is 23.9 Å². The summed E-state index contributed by atoms with van der Waals surface area (Å²) in [5.74, 6) is 0.150. The zero-order chi connectivity index (χ0) is 26.4. The van der Waals surface area contributed by atoms with Crippen molar-refractivity contribution in [3.63, 3.8) is 0 Å². The van der Waals surface area contributed by atoms with Gasteiger partial charge in [-0.15, -0.1) is 0 Å². The zero-order valence-corrected chi connectivity index (χ0v) is 21.9. The predicted octanol–water partition coefficient (Wildman–Crippen LogP) is 4.73. The van der Waals surface area contributed by atoms with Gasteiger partial charge in [-0.3, -0.25) is 14.4 Å². The third-order valence-electron chi connectivity index (χ3n) is 6.10. The van der Waals surface area contributed by atoms with Crippen LogP contribution in [0.25, 0.3) is 0 Å². The second kappa shape index (κ2) is 15.1. The summed E-state index contributed by atoms with van der Waals surface area (Å²) in [5, 5.41) is 11.0. The topological polar surface area (TPSA) is 126 Å². The van der Waals surface area contributed by atoms with E-state index in [-0.39, 0.29) is 11.8 Å². The molecule has 1 aliphatic carbocycles. The molecule has 0 bridgehead atoms. The molecule has 36 heavy (non-hydrogen) atoms. The average molecular weight is 503 g/mol. The lowest BCUT2D eigenvalue weighted by molar-refractivity contribution is -0.126. The number of amides is 4. The molecule has 9 nitrogen and oxygen atoms in total. The molecule has 0 heterocycles. The molecule has 1 aromatic carbocycles. The Morgan fingerprint density at radius 1 is 1.08 bits per heavy atom. The number of carbonyl (C=O) groups is 4. The minimum absolute atomic E-state index is 0.121. The number of hydrogen-bond donors (Lipinski definition) is 4. The minimum atomic E-state index is -0.701. The first kappa shape index (κ1) is 29.1. The van der Waals surface area contributed by atoms with Gasteiger partial charge in [0.1, 0.15) is 11.6 Å². The molecule has 4 N–H and O–H groups in total. The smallest absolute Gasteiger partial charge is 0.407 e. The molecule has 1 saturated carbocycles. The Bertz CT molecular complexity index is 862. The Balaban J connectivity index is 1.89. The third-order valence-corrected chi connectivity index (χ3v) is 6.10. The normalized spacial score (nSPS) is 14.9. The number of nitrogens with one attached hydrogen (secondary N) is 4. The maximum atomic E-state index is 13.0. The molecule has 200 valence electrons. The van der Waals surface area contributed by atoms with Gasteiger partial charge in [0.2, 0.25) is 18.2 Å². The summed E-state index contributed by atoms with van der Waals surface area (Å²) in [6.07, 6.45) is 9.13. The Hall–Kier alpha value is -3.10.